The van der Waals surface area contributed by atoms with Gasteiger partial charge >= 0.3 is 6.09 Å². The molecule has 0 radical (unpaired) electrons. The van der Waals surface area contributed by atoms with Crippen molar-refractivity contribution >= 4 is 12.0 Å². The van der Waals surface area contributed by atoms with E-state index in [1.165, 1.54) is 6.20 Å². The summed E-state index contributed by atoms with van der Waals surface area (Å²) in [7, 11) is 0. The summed E-state index contributed by atoms with van der Waals surface area (Å²) < 4.78 is 5.12. The number of amides is 2. The zero-order valence-electron chi connectivity index (χ0n) is 16.1. The van der Waals surface area contributed by atoms with Crippen LogP contribution < -0.4 is 10.9 Å². The number of rotatable bonds is 3. The Morgan fingerprint density at radius 1 is 1.11 bits per heavy atom. The van der Waals surface area contributed by atoms with Gasteiger partial charge in [-0.3, -0.25) is 15.2 Å². The summed E-state index contributed by atoms with van der Waals surface area (Å²) in [6.45, 7) is 5.25. The minimum Gasteiger partial charge on any atom is -0.443 e. The lowest BCUT2D eigenvalue weighted by atomic mass is 9.94. The molecule has 1 aliphatic rings. The van der Waals surface area contributed by atoms with Crippen LogP contribution in [0.5, 0.6) is 0 Å². The molecule has 28 heavy (non-hydrogen) atoms. The van der Waals surface area contributed by atoms with E-state index in [1.807, 2.05) is 30.3 Å². The summed E-state index contributed by atoms with van der Waals surface area (Å²) in [6, 6.07) is 13.1. The molecule has 0 bridgehead atoms. The van der Waals surface area contributed by atoms with Gasteiger partial charge in [0.25, 0.3) is 0 Å². The van der Waals surface area contributed by atoms with Crippen LogP contribution >= 0.6 is 0 Å². The lowest BCUT2D eigenvalue weighted by Gasteiger charge is -2.21. The standard InChI is InChI=1S/C21H22N4O3/c1-20(2,3)28-19(27)25-24-18(26)21(10-11-21)16-7-5-15(6-8-16)17-9-4-14(12-22)13-23-17/h4-9,13H,10-11H2,1-3H3,(H,24,26)(H,25,27). The molecule has 0 atom stereocenters. The Hall–Kier alpha value is -3.40. The summed E-state index contributed by atoms with van der Waals surface area (Å²) in [5.41, 5.74) is 6.54. The Kier molecular flexibility index (Phi) is 5.06. The lowest BCUT2D eigenvalue weighted by molar-refractivity contribution is -0.124. The first-order chi connectivity index (χ1) is 13.2. The number of carbonyl (C=O) groups is 2. The van der Waals surface area contributed by atoms with Crippen molar-refractivity contribution in [3.05, 3.63) is 53.7 Å². The fraction of sp³-hybridized carbons (Fsp3) is 0.333. The molecule has 0 spiro atoms. The van der Waals surface area contributed by atoms with E-state index in [0.29, 0.717) is 18.4 Å². The molecule has 0 aliphatic heterocycles. The van der Waals surface area contributed by atoms with Crippen LogP contribution in [0, 0.1) is 11.3 Å². The number of nitrogens with one attached hydrogen (secondary N) is 2. The maximum atomic E-state index is 12.6. The summed E-state index contributed by atoms with van der Waals surface area (Å²) in [6.07, 6.45) is 2.26. The van der Waals surface area contributed by atoms with E-state index in [-0.39, 0.29) is 5.91 Å². The van der Waals surface area contributed by atoms with Crippen molar-refractivity contribution in [2.45, 2.75) is 44.6 Å². The van der Waals surface area contributed by atoms with E-state index in [0.717, 1.165) is 16.8 Å². The minimum absolute atomic E-state index is 0.261. The molecule has 2 N–H and O–H groups in total. The SMILES string of the molecule is CC(C)(C)OC(=O)NNC(=O)C1(c2ccc(-c3ccc(C#N)cn3)cc2)CC1. The summed E-state index contributed by atoms with van der Waals surface area (Å²) in [5, 5.41) is 8.86. The van der Waals surface area contributed by atoms with Gasteiger partial charge in [-0.05, 0) is 51.3 Å². The van der Waals surface area contributed by atoms with Gasteiger partial charge in [0, 0.05) is 11.8 Å². The molecule has 3 rings (SSSR count). The van der Waals surface area contributed by atoms with Crippen LogP contribution in [0.25, 0.3) is 11.3 Å². The van der Waals surface area contributed by atoms with Crippen molar-refractivity contribution in [3.8, 4) is 17.3 Å². The molecule has 2 amide bonds. The van der Waals surface area contributed by atoms with Gasteiger partial charge in [-0.2, -0.15) is 5.26 Å². The number of hydrazine groups is 1. The predicted molar refractivity (Wildman–Crippen MR) is 103 cm³/mol. The van der Waals surface area contributed by atoms with Gasteiger partial charge in [0.05, 0.1) is 16.7 Å². The summed E-state index contributed by atoms with van der Waals surface area (Å²) in [4.78, 5) is 28.6. The van der Waals surface area contributed by atoms with Crippen LogP contribution in [0.3, 0.4) is 0 Å². The second-order valence-electron chi connectivity index (χ2n) is 7.78. The Labute approximate surface area is 163 Å². The molecule has 1 aromatic carbocycles. The molecule has 1 fully saturated rings. The number of hydrogen-bond acceptors (Lipinski definition) is 5. The molecule has 0 unspecified atom stereocenters. The molecule has 0 saturated heterocycles. The van der Waals surface area contributed by atoms with Crippen LogP contribution in [0.15, 0.2) is 42.6 Å². The highest BCUT2D eigenvalue weighted by molar-refractivity contribution is 5.92. The Morgan fingerprint density at radius 3 is 2.29 bits per heavy atom. The molecule has 1 aliphatic carbocycles. The van der Waals surface area contributed by atoms with Crippen molar-refractivity contribution in [2.24, 2.45) is 0 Å². The highest BCUT2D eigenvalue weighted by atomic mass is 16.6. The first kappa shape index (κ1) is 19.4. The van der Waals surface area contributed by atoms with E-state index < -0.39 is 17.1 Å². The minimum atomic E-state index is -0.695. The average molecular weight is 378 g/mol. The monoisotopic (exact) mass is 378 g/mol. The van der Waals surface area contributed by atoms with Gasteiger partial charge < -0.3 is 4.74 Å². The van der Waals surface area contributed by atoms with Gasteiger partial charge in [-0.1, -0.05) is 24.3 Å². The second-order valence-corrected chi connectivity index (χ2v) is 7.78. The zero-order valence-corrected chi connectivity index (χ0v) is 16.1. The highest BCUT2D eigenvalue weighted by Crippen LogP contribution is 2.48. The molecule has 1 heterocycles. The number of nitrogens with zero attached hydrogens (tertiary/aromatic N) is 2. The Balaban J connectivity index is 1.66. The molecule has 144 valence electrons. The largest absolute Gasteiger partial charge is 0.443 e. The Morgan fingerprint density at radius 2 is 1.79 bits per heavy atom. The maximum absolute atomic E-state index is 12.6. The third-order valence-electron chi connectivity index (χ3n) is 4.49. The average Bonchev–Trinajstić information content (AvgIpc) is 3.47. The summed E-state index contributed by atoms with van der Waals surface area (Å²) >= 11 is 0. The number of benzene rings is 1. The fourth-order valence-electron chi connectivity index (χ4n) is 2.89. The predicted octanol–water partition coefficient (Wildman–Crippen LogP) is 3.21. The molecule has 2 aromatic rings. The van der Waals surface area contributed by atoms with E-state index in [9.17, 15) is 9.59 Å². The molecule has 1 saturated carbocycles. The number of hydrogen-bond donors (Lipinski definition) is 2. The quantitative estimate of drug-likeness (QED) is 0.798. The normalized spacial score (nSPS) is 14.5. The van der Waals surface area contributed by atoms with E-state index in [2.05, 4.69) is 15.8 Å². The van der Waals surface area contributed by atoms with E-state index >= 15 is 0 Å². The topological polar surface area (TPSA) is 104 Å². The van der Waals surface area contributed by atoms with Gasteiger partial charge in [0.15, 0.2) is 0 Å². The maximum Gasteiger partial charge on any atom is 0.426 e. The van der Waals surface area contributed by atoms with Crippen molar-refractivity contribution in [1.82, 2.24) is 15.8 Å². The van der Waals surface area contributed by atoms with Crippen molar-refractivity contribution in [1.29, 1.82) is 5.26 Å². The fourth-order valence-corrected chi connectivity index (χ4v) is 2.89. The zero-order chi connectivity index (χ0) is 20.4. The molecule has 1 aromatic heterocycles. The van der Waals surface area contributed by atoms with Crippen LogP contribution in [0.4, 0.5) is 4.79 Å². The van der Waals surface area contributed by atoms with Crippen molar-refractivity contribution < 1.29 is 14.3 Å². The molecule has 7 heteroatoms. The Bertz CT molecular complexity index is 918. The molecule has 7 nitrogen and oxygen atoms in total. The van der Waals surface area contributed by atoms with Crippen LogP contribution in [0.1, 0.15) is 44.7 Å². The number of nitriles is 1. The third kappa shape index (κ3) is 4.29. The van der Waals surface area contributed by atoms with E-state index in [1.54, 1.807) is 32.9 Å². The number of pyridine rings is 1. The smallest absolute Gasteiger partial charge is 0.426 e. The van der Waals surface area contributed by atoms with Gasteiger partial charge in [0.2, 0.25) is 5.91 Å². The number of aromatic nitrogens is 1. The van der Waals surface area contributed by atoms with E-state index in [4.69, 9.17) is 10.00 Å². The van der Waals surface area contributed by atoms with Gasteiger partial charge in [-0.25, -0.2) is 10.2 Å². The van der Waals surface area contributed by atoms with Crippen LogP contribution in [-0.4, -0.2) is 22.6 Å². The van der Waals surface area contributed by atoms with Crippen molar-refractivity contribution in [3.63, 3.8) is 0 Å². The highest BCUT2D eigenvalue weighted by Gasteiger charge is 2.51. The molecular weight excluding hydrogens is 356 g/mol. The second kappa shape index (κ2) is 7.31. The van der Waals surface area contributed by atoms with Crippen LogP contribution in [0.2, 0.25) is 0 Å². The summed E-state index contributed by atoms with van der Waals surface area (Å²) in [5.74, 6) is -0.261. The first-order valence-electron chi connectivity index (χ1n) is 9.00. The van der Waals surface area contributed by atoms with Gasteiger partial charge in [-0.15, -0.1) is 0 Å². The van der Waals surface area contributed by atoms with Crippen LogP contribution in [-0.2, 0) is 14.9 Å². The number of carbonyl (C=O) groups excluding carboxylic acids is 2. The number of ether oxygens (including phenoxy) is 1. The van der Waals surface area contributed by atoms with Gasteiger partial charge in [0.1, 0.15) is 11.7 Å². The van der Waals surface area contributed by atoms with Crippen molar-refractivity contribution in [2.75, 3.05) is 0 Å². The third-order valence-corrected chi connectivity index (χ3v) is 4.49. The lowest BCUT2D eigenvalue weighted by Crippen LogP contribution is -2.48. The molecular formula is C21H22N4O3. The first-order valence-corrected chi connectivity index (χ1v) is 9.00.